The summed E-state index contributed by atoms with van der Waals surface area (Å²) in [6.45, 7) is 0.340. The maximum absolute atomic E-state index is 12.2. The molecule has 0 unspecified atom stereocenters. The Kier molecular flexibility index (Phi) is 4.41. The molecule has 120 valence electrons. The van der Waals surface area contributed by atoms with Gasteiger partial charge in [0, 0.05) is 39.8 Å². The summed E-state index contributed by atoms with van der Waals surface area (Å²) >= 11 is 6.00. The number of H-pyrrole nitrogens is 1. The first-order valence-electron chi connectivity index (χ1n) is 7.24. The van der Waals surface area contributed by atoms with E-state index in [1.54, 1.807) is 36.4 Å². The molecule has 1 heterocycles. The molecule has 5 nitrogen and oxygen atoms in total. The average Bonchev–Trinajstić information content (AvgIpc) is 2.60. The largest absolute Gasteiger partial charge is 0.495 e. The molecule has 0 atom stereocenters. The number of ether oxygens (including phenoxy) is 1. The van der Waals surface area contributed by atoms with Crippen LogP contribution in [0.1, 0.15) is 11.1 Å². The highest BCUT2D eigenvalue weighted by Gasteiger charge is 2.06. The lowest BCUT2D eigenvalue weighted by atomic mass is 10.1. The van der Waals surface area contributed by atoms with Gasteiger partial charge in [0.05, 0.1) is 12.7 Å². The molecule has 6 heteroatoms. The zero-order valence-electron chi connectivity index (χ0n) is 12.9. The molecule has 24 heavy (non-hydrogen) atoms. The first-order valence-corrected chi connectivity index (χ1v) is 7.62. The second-order valence-electron chi connectivity index (χ2n) is 5.24. The lowest BCUT2D eigenvalue weighted by Crippen LogP contribution is -2.15. The number of benzene rings is 2. The molecule has 0 amide bonds. The fraction of sp³-hybridized carbons (Fsp3) is 0.111. The van der Waals surface area contributed by atoms with Gasteiger partial charge in [0.1, 0.15) is 11.8 Å². The Labute approximate surface area is 143 Å². The Balaban J connectivity index is 1.87. The first-order chi connectivity index (χ1) is 11.6. The molecule has 2 aromatic carbocycles. The Hall–Kier alpha value is -2.97. The van der Waals surface area contributed by atoms with Gasteiger partial charge in [0.25, 0.3) is 5.56 Å². The monoisotopic (exact) mass is 339 g/mol. The van der Waals surface area contributed by atoms with Gasteiger partial charge in [-0.1, -0.05) is 11.6 Å². The molecule has 0 saturated heterocycles. The van der Waals surface area contributed by atoms with Crippen LogP contribution in [0.2, 0.25) is 5.02 Å². The highest BCUT2D eigenvalue weighted by molar-refractivity contribution is 6.31. The Morgan fingerprint density at radius 1 is 1.25 bits per heavy atom. The number of nitrogens with zero attached hydrogens (tertiary/aromatic N) is 1. The normalized spacial score (nSPS) is 10.4. The second kappa shape index (κ2) is 6.65. The van der Waals surface area contributed by atoms with Crippen molar-refractivity contribution in [1.29, 1.82) is 5.26 Å². The third kappa shape index (κ3) is 3.19. The number of methoxy groups -OCH3 is 1. The van der Waals surface area contributed by atoms with Gasteiger partial charge in [-0.2, -0.15) is 5.26 Å². The molecule has 0 aliphatic heterocycles. The topological polar surface area (TPSA) is 77.9 Å². The summed E-state index contributed by atoms with van der Waals surface area (Å²) in [6.07, 6.45) is 0. The standard InChI is InChI=1S/C18H14ClN3O2/c1-24-17-8-15(4-2-11(17)9-20)21-10-13-6-12-7-14(19)3-5-16(12)22-18(13)23/h2-8,21H,10H2,1H3,(H,22,23). The fourth-order valence-corrected chi connectivity index (χ4v) is 2.63. The van der Waals surface area contributed by atoms with E-state index < -0.39 is 0 Å². The van der Waals surface area contributed by atoms with E-state index in [1.165, 1.54) is 7.11 Å². The Bertz CT molecular complexity index is 1010. The number of pyridine rings is 1. The maximum Gasteiger partial charge on any atom is 0.253 e. The van der Waals surface area contributed by atoms with Crippen LogP contribution in [0, 0.1) is 11.3 Å². The number of fused-ring (bicyclic) bond motifs is 1. The number of halogens is 1. The number of hydrogen-bond donors (Lipinski definition) is 2. The molecule has 0 fully saturated rings. The Morgan fingerprint density at radius 3 is 2.83 bits per heavy atom. The van der Waals surface area contributed by atoms with Crippen LogP contribution < -0.4 is 15.6 Å². The summed E-state index contributed by atoms with van der Waals surface area (Å²) in [5.74, 6) is 0.488. The molecule has 0 aliphatic carbocycles. The smallest absolute Gasteiger partial charge is 0.253 e. The van der Waals surface area contributed by atoms with E-state index in [1.807, 2.05) is 6.07 Å². The van der Waals surface area contributed by atoms with Crippen LogP contribution in [-0.2, 0) is 6.54 Å². The molecule has 0 aliphatic rings. The molecule has 1 aromatic heterocycles. The van der Waals surface area contributed by atoms with Gasteiger partial charge in [0.2, 0.25) is 0 Å². The van der Waals surface area contributed by atoms with Crippen LogP contribution in [0.15, 0.2) is 47.3 Å². The van der Waals surface area contributed by atoms with Crippen LogP contribution in [0.5, 0.6) is 5.75 Å². The zero-order chi connectivity index (χ0) is 17.1. The van der Waals surface area contributed by atoms with E-state index in [0.717, 1.165) is 16.6 Å². The van der Waals surface area contributed by atoms with Crippen molar-refractivity contribution in [3.05, 3.63) is 69.0 Å². The summed E-state index contributed by atoms with van der Waals surface area (Å²) in [4.78, 5) is 15.0. The van der Waals surface area contributed by atoms with E-state index in [2.05, 4.69) is 16.4 Å². The molecule has 0 radical (unpaired) electrons. The number of aromatic nitrogens is 1. The van der Waals surface area contributed by atoms with E-state index in [4.69, 9.17) is 21.6 Å². The van der Waals surface area contributed by atoms with E-state index >= 15 is 0 Å². The Morgan fingerprint density at radius 2 is 2.08 bits per heavy atom. The van der Waals surface area contributed by atoms with Crippen LogP contribution in [0.25, 0.3) is 10.9 Å². The van der Waals surface area contributed by atoms with Crippen molar-refractivity contribution >= 4 is 28.2 Å². The van der Waals surface area contributed by atoms with Gasteiger partial charge in [-0.15, -0.1) is 0 Å². The van der Waals surface area contributed by atoms with E-state index in [9.17, 15) is 4.79 Å². The van der Waals surface area contributed by atoms with Crippen molar-refractivity contribution in [2.24, 2.45) is 0 Å². The number of anilines is 1. The predicted octanol–water partition coefficient (Wildman–Crippen LogP) is 3.67. The molecular weight excluding hydrogens is 326 g/mol. The highest BCUT2D eigenvalue weighted by Crippen LogP contribution is 2.23. The van der Waals surface area contributed by atoms with Gasteiger partial charge >= 0.3 is 0 Å². The van der Waals surface area contributed by atoms with Crippen molar-refractivity contribution < 1.29 is 4.74 Å². The summed E-state index contributed by atoms with van der Waals surface area (Å²) in [7, 11) is 1.51. The highest BCUT2D eigenvalue weighted by atomic mass is 35.5. The number of aromatic amines is 1. The summed E-state index contributed by atoms with van der Waals surface area (Å²) < 4.78 is 5.18. The minimum atomic E-state index is -0.155. The van der Waals surface area contributed by atoms with Crippen LogP contribution in [0.4, 0.5) is 5.69 Å². The first kappa shape index (κ1) is 15.9. The third-order valence-electron chi connectivity index (χ3n) is 3.69. The summed E-state index contributed by atoms with van der Waals surface area (Å²) in [5.41, 5.74) is 2.40. The van der Waals surface area contributed by atoms with Crippen LogP contribution in [-0.4, -0.2) is 12.1 Å². The van der Waals surface area contributed by atoms with Gasteiger partial charge in [0.15, 0.2) is 0 Å². The summed E-state index contributed by atoms with van der Waals surface area (Å²) in [6, 6.07) is 14.4. The molecule has 3 aromatic rings. The van der Waals surface area contributed by atoms with Crippen LogP contribution >= 0.6 is 11.6 Å². The number of hydrogen-bond acceptors (Lipinski definition) is 4. The van der Waals surface area contributed by atoms with Crippen LogP contribution in [0.3, 0.4) is 0 Å². The second-order valence-corrected chi connectivity index (χ2v) is 5.67. The van der Waals surface area contributed by atoms with Crippen molar-refractivity contribution in [2.75, 3.05) is 12.4 Å². The van der Waals surface area contributed by atoms with Gasteiger partial charge in [-0.3, -0.25) is 4.79 Å². The number of rotatable bonds is 4. The van der Waals surface area contributed by atoms with Crippen molar-refractivity contribution in [3.63, 3.8) is 0 Å². The van der Waals surface area contributed by atoms with Gasteiger partial charge < -0.3 is 15.0 Å². The number of nitrogens with one attached hydrogen (secondary N) is 2. The molecule has 0 bridgehead atoms. The van der Waals surface area contributed by atoms with Gasteiger partial charge in [-0.25, -0.2) is 0 Å². The van der Waals surface area contributed by atoms with Crippen molar-refractivity contribution in [2.45, 2.75) is 6.54 Å². The van der Waals surface area contributed by atoms with E-state index in [-0.39, 0.29) is 5.56 Å². The average molecular weight is 340 g/mol. The predicted molar refractivity (Wildman–Crippen MR) is 94.6 cm³/mol. The molecular formula is C18H14ClN3O2. The van der Waals surface area contributed by atoms with Crippen molar-refractivity contribution in [1.82, 2.24) is 4.98 Å². The fourth-order valence-electron chi connectivity index (χ4n) is 2.44. The number of nitriles is 1. The zero-order valence-corrected chi connectivity index (χ0v) is 13.6. The minimum absolute atomic E-state index is 0.155. The third-order valence-corrected chi connectivity index (χ3v) is 3.92. The minimum Gasteiger partial charge on any atom is -0.495 e. The van der Waals surface area contributed by atoms with Gasteiger partial charge in [-0.05, 0) is 36.4 Å². The molecule has 2 N–H and O–H groups in total. The lowest BCUT2D eigenvalue weighted by molar-refractivity contribution is 0.413. The van der Waals surface area contributed by atoms with E-state index in [0.29, 0.717) is 28.4 Å². The summed E-state index contributed by atoms with van der Waals surface area (Å²) in [5, 5.41) is 13.7. The maximum atomic E-state index is 12.2. The quantitative estimate of drug-likeness (QED) is 0.760. The lowest BCUT2D eigenvalue weighted by Gasteiger charge is -2.09. The molecule has 3 rings (SSSR count). The molecule has 0 saturated carbocycles. The molecule has 0 spiro atoms. The SMILES string of the molecule is COc1cc(NCc2cc3cc(Cl)ccc3[nH]c2=O)ccc1C#N. The van der Waals surface area contributed by atoms with Crippen molar-refractivity contribution in [3.8, 4) is 11.8 Å².